The molecule has 0 saturated carbocycles. The summed E-state index contributed by atoms with van der Waals surface area (Å²) in [7, 11) is 0. The van der Waals surface area contributed by atoms with Gasteiger partial charge in [-0.2, -0.15) is 0 Å². The van der Waals surface area contributed by atoms with E-state index in [1.807, 2.05) is 6.92 Å². The van der Waals surface area contributed by atoms with E-state index >= 15 is 0 Å². The third kappa shape index (κ3) is 4.33. The van der Waals surface area contributed by atoms with Gasteiger partial charge >= 0.3 is 5.00 Å². The number of hydrogen-bond donors (Lipinski definition) is 1. The first kappa shape index (κ1) is 21.2. The molecule has 0 bridgehead atoms. The first-order chi connectivity index (χ1) is 15.9. The average Bonchev–Trinajstić information content (AvgIpc) is 3.22. The van der Waals surface area contributed by atoms with Gasteiger partial charge in [-0.25, -0.2) is 9.37 Å². The molecule has 1 N–H and O–H groups in total. The number of benzene rings is 2. The molecular weight excluding hydrogens is 461 g/mol. The minimum Gasteiger partial charge on any atom is -0.297 e. The normalized spacial score (nSPS) is 12.7. The summed E-state index contributed by atoms with van der Waals surface area (Å²) in [4.78, 5) is 28.8. The third-order valence-corrected chi connectivity index (χ3v) is 7.29. The summed E-state index contributed by atoms with van der Waals surface area (Å²) in [6, 6.07) is 17.1. The third-order valence-electron chi connectivity index (χ3n) is 5.23. The van der Waals surface area contributed by atoms with Gasteiger partial charge in [-0.05, 0) is 54.0 Å². The maximum Gasteiger partial charge on any atom is 0.324 e. The number of carbonyl (C=O) groups excluding carboxylic acids is 1. The summed E-state index contributed by atoms with van der Waals surface area (Å²) in [5.41, 5.74) is 6.11. The van der Waals surface area contributed by atoms with E-state index in [0.29, 0.717) is 10.8 Å². The number of hydrogen-bond acceptors (Lipinski definition) is 6. The summed E-state index contributed by atoms with van der Waals surface area (Å²) in [6.45, 7) is 2.04. The molecule has 1 amide bonds. The molecule has 6 nitrogen and oxygen atoms in total. The van der Waals surface area contributed by atoms with Crippen LogP contribution in [0.25, 0.3) is 22.4 Å². The number of halogens is 1. The smallest absolute Gasteiger partial charge is 0.297 e. The second-order valence-electron chi connectivity index (χ2n) is 7.55. The molecule has 0 atom stereocenters. The zero-order valence-corrected chi connectivity index (χ0v) is 18.9. The first-order valence-electron chi connectivity index (χ1n) is 10.0. The van der Waals surface area contributed by atoms with Crippen LogP contribution in [-0.4, -0.2) is 15.8 Å². The fraction of sp³-hybridized carbons (Fsp3) is 0.0833. The van der Waals surface area contributed by atoms with Gasteiger partial charge in [-0.3, -0.25) is 20.2 Å². The highest BCUT2D eigenvalue weighted by atomic mass is 32.1. The molecule has 0 fully saturated rings. The average molecular weight is 478 g/mol. The van der Waals surface area contributed by atoms with Crippen LogP contribution < -0.4 is 5.32 Å². The lowest BCUT2D eigenvalue weighted by Crippen LogP contribution is -2.09. The van der Waals surface area contributed by atoms with Crippen molar-refractivity contribution in [3.05, 3.63) is 97.5 Å². The molecule has 0 saturated heterocycles. The number of nitrogens with zero attached hydrogens (tertiary/aromatic N) is 2. The second-order valence-corrected chi connectivity index (χ2v) is 9.61. The van der Waals surface area contributed by atoms with Crippen LogP contribution in [0.15, 0.2) is 60.7 Å². The van der Waals surface area contributed by atoms with Gasteiger partial charge in [0.25, 0.3) is 5.91 Å². The van der Waals surface area contributed by atoms with Gasteiger partial charge in [0.1, 0.15) is 5.82 Å². The monoisotopic (exact) mass is 477 g/mol. The summed E-state index contributed by atoms with van der Waals surface area (Å²) in [5, 5.41) is 14.0. The van der Waals surface area contributed by atoms with E-state index in [1.165, 1.54) is 46.7 Å². The Hall–Kier alpha value is -3.69. The lowest BCUT2D eigenvalue weighted by molar-refractivity contribution is -0.380. The van der Waals surface area contributed by atoms with E-state index in [1.54, 1.807) is 12.1 Å². The van der Waals surface area contributed by atoms with Crippen LogP contribution in [-0.2, 0) is 0 Å². The molecule has 1 aliphatic carbocycles. The van der Waals surface area contributed by atoms with Crippen molar-refractivity contribution in [1.29, 1.82) is 0 Å². The van der Waals surface area contributed by atoms with E-state index < -0.39 is 10.8 Å². The number of nitro groups is 1. The highest BCUT2D eigenvalue weighted by Gasteiger charge is 2.30. The fourth-order valence-electron chi connectivity index (χ4n) is 3.47. The van der Waals surface area contributed by atoms with Gasteiger partial charge in [0, 0.05) is 18.1 Å². The molecule has 0 radical (unpaired) electrons. The van der Waals surface area contributed by atoms with Crippen molar-refractivity contribution in [2.24, 2.45) is 0 Å². The Kier molecular flexibility index (Phi) is 5.35. The standard InChI is InChI=1S/C24H16FN3O3S2/c1-13-2-4-14(5-3-13)17-12-18(17)22-21(15-6-8-16(25)9-7-15)26-24(33-22)27-23(29)19-10-11-20(32-19)28(30)31/h2-11H,12H2,1H3,(H,26,27,29). The maximum absolute atomic E-state index is 13.5. The van der Waals surface area contributed by atoms with E-state index in [2.05, 4.69) is 34.6 Å². The van der Waals surface area contributed by atoms with Crippen LogP contribution in [0.3, 0.4) is 0 Å². The molecule has 0 spiro atoms. The predicted molar refractivity (Wildman–Crippen MR) is 129 cm³/mol. The summed E-state index contributed by atoms with van der Waals surface area (Å²) >= 11 is 2.15. The van der Waals surface area contributed by atoms with Gasteiger partial charge in [0.05, 0.1) is 20.4 Å². The molecule has 5 rings (SSSR count). The van der Waals surface area contributed by atoms with Crippen molar-refractivity contribution in [2.45, 2.75) is 13.3 Å². The van der Waals surface area contributed by atoms with Crippen molar-refractivity contribution >= 4 is 49.9 Å². The lowest BCUT2D eigenvalue weighted by atomic mass is 10.1. The first-order valence-corrected chi connectivity index (χ1v) is 11.6. The number of allylic oxidation sites excluding steroid dienone is 2. The van der Waals surface area contributed by atoms with E-state index in [-0.39, 0.29) is 15.7 Å². The minimum absolute atomic E-state index is 0.0992. The molecule has 33 heavy (non-hydrogen) atoms. The number of nitrogens with one attached hydrogen (secondary N) is 1. The van der Waals surface area contributed by atoms with Crippen LogP contribution in [0.2, 0.25) is 0 Å². The van der Waals surface area contributed by atoms with E-state index in [4.69, 9.17) is 0 Å². The van der Waals surface area contributed by atoms with Gasteiger partial charge in [0.2, 0.25) is 0 Å². The Morgan fingerprint density at radius 1 is 1.00 bits per heavy atom. The van der Waals surface area contributed by atoms with Crippen LogP contribution >= 0.6 is 22.7 Å². The predicted octanol–water partition coefficient (Wildman–Crippen LogP) is 6.79. The van der Waals surface area contributed by atoms with Crippen molar-refractivity contribution in [3.63, 3.8) is 0 Å². The summed E-state index contributed by atoms with van der Waals surface area (Å²) in [6.07, 6.45) is 0.809. The molecule has 0 aliphatic heterocycles. The molecule has 1 aliphatic rings. The Morgan fingerprint density at radius 2 is 1.70 bits per heavy atom. The number of thiophene rings is 1. The number of carbonyl (C=O) groups is 1. The van der Waals surface area contributed by atoms with Crippen LogP contribution in [0.4, 0.5) is 14.5 Å². The second kappa shape index (κ2) is 8.34. The number of thiazole rings is 1. The minimum atomic E-state index is -0.526. The number of rotatable bonds is 6. The van der Waals surface area contributed by atoms with Crippen molar-refractivity contribution in [2.75, 3.05) is 5.32 Å². The number of aryl methyl sites for hydroxylation is 1. The largest absolute Gasteiger partial charge is 0.324 e. The van der Waals surface area contributed by atoms with Gasteiger partial charge in [-0.1, -0.05) is 52.5 Å². The zero-order valence-electron chi connectivity index (χ0n) is 17.3. The molecule has 2 aromatic carbocycles. The van der Waals surface area contributed by atoms with Crippen molar-refractivity contribution in [1.82, 2.24) is 4.98 Å². The fourth-order valence-corrected chi connectivity index (χ4v) is 5.24. The molecule has 2 aromatic heterocycles. The van der Waals surface area contributed by atoms with E-state index in [0.717, 1.165) is 39.3 Å². The Bertz CT molecular complexity index is 1420. The molecule has 0 unspecified atom stereocenters. The Labute approximate surface area is 196 Å². The highest BCUT2D eigenvalue weighted by Crippen LogP contribution is 2.52. The molecule has 9 heteroatoms. The Morgan fingerprint density at radius 3 is 2.36 bits per heavy atom. The van der Waals surface area contributed by atoms with Gasteiger partial charge in [-0.15, -0.1) is 0 Å². The Balaban J connectivity index is 1.50. The molecule has 2 heterocycles. The lowest BCUT2D eigenvalue weighted by Gasteiger charge is -1.99. The van der Waals surface area contributed by atoms with Crippen LogP contribution in [0.1, 0.15) is 32.1 Å². The summed E-state index contributed by atoms with van der Waals surface area (Å²) < 4.78 is 13.5. The number of anilines is 1. The van der Waals surface area contributed by atoms with Crippen LogP contribution in [0.5, 0.6) is 0 Å². The SMILES string of the molecule is Cc1ccc(C2=C(c3sc(NC(=O)c4ccc([N+](=O)[O-])s4)nc3-c3ccc(F)cc3)C2)cc1. The van der Waals surface area contributed by atoms with Gasteiger partial charge in [0.15, 0.2) is 5.13 Å². The topological polar surface area (TPSA) is 85.1 Å². The zero-order chi connectivity index (χ0) is 23.1. The van der Waals surface area contributed by atoms with Crippen molar-refractivity contribution < 1.29 is 14.1 Å². The van der Waals surface area contributed by atoms with Crippen LogP contribution in [0, 0.1) is 22.9 Å². The van der Waals surface area contributed by atoms with Gasteiger partial charge < -0.3 is 0 Å². The summed E-state index contributed by atoms with van der Waals surface area (Å²) in [5.74, 6) is -0.795. The van der Waals surface area contributed by atoms with Crippen molar-refractivity contribution in [3.8, 4) is 11.3 Å². The highest BCUT2D eigenvalue weighted by molar-refractivity contribution is 7.18. The molecular formula is C24H16FN3O3S2. The quantitative estimate of drug-likeness (QED) is 0.245. The maximum atomic E-state index is 13.5. The number of aromatic nitrogens is 1. The number of amides is 1. The molecule has 164 valence electrons. The van der Waals surface area contributed by atoms with E-state index in [9.17, 15) is 19.3 Å². The molecule has 4 aromatic rings.